The van der Waals surface area contributed by atoms with Gasteiger partial charge in [-0.05, 0) is 23.8 Å². The van der Waals surface area contributed by atoms with Crippen molar-refractivity contribution in [1.29, 1.82) is 0 Å². The van der Waals surface area contributed by atoms with E-state index < -0.39 is 5.91 Å². The fraction of sp³-hybridized carbons (Fsp3) is 0.118. The quantitative estimate of drug-likeness (QED) is 0.750. The van der Waals surface area contributed by atoms with Crippen molar-refractivity contribution in [3.63, 3.8) is 0 Å². The third-order valence-electron chi connectivity index (χ3n) is 3.74. The molecule has 0 unspecified atom stereocenters. The Morgan fingerprint density at radius 3 is 2.88 bits per heavy atom. The first kappa shape index (κ1) is 15.0. The molecule has 1 aromatic carbocycles. The van der Waals surface area contributed by atoms with E-state index in [9.17, 15) is 9.90 Å². The number of aromatic hydroxyl groups is 1. The molecule has 0 fully saturated rings. The van der Waals surface area contributed by atoms with Gasteiger partial charge in [-0.1, -0.05) is 0 Å². The van der Waals surface area contributed by atoms with Crippen molar-refractivity contribution in [2.45, 2.75) is 6.54 Å². The minimum absolute atomic E-state index is 0.0765. The van der Waals surface area contributed by atoms with Crippen molar-refractivity contribution in [3.05, 3.63) is 60.0 Å². The normalized spacial score (nSPS) is 12.2. The van der Waals surface area contributed by atoms with Crippen LogP contribution in [0, 0.1) is 0 Å². The van der Waals surface area contributed by atoms with Crippen molar-refractivity contribution in [1.82, 2.24) is 20.1 Å². The minimum atomic E-state index is -0.409. The number of ether oxygens (including phenoxy) is 2. The summed E-state index contributed by atoms with van der Waals surface area (Å²) in [4.78, 5) is 16.6. The Hall–Kier alpha value is -3.55. The Labute approximate surface area is 142 Å². The van der Waals surface area contributed by atoms with Crippen molar-refractivity contribution in [3.8, 4) is 23.1 Å². The van der Waals surface area contributed by atoms with E-state index in [1.54, 1.807) is 35.4 Å². The van der Waals surface area contributed by atoms with Crippen molar-refractivity contribution < 1.29 is 19.4 Å². The molecule has 0 atom stereocenters. The maximum absolute atomic E-state index is 12.4. The number of carbonyl (C=O) groups excluding carboxylic acids is 1. The summed E-state index contributed by atoms with van der Waals surface area (Å²) in [6.45, 7) is 0.358. The zero-order valence-electron chi connectivity index (χ0n) is 13.0. The highest BCUT2D eigenvalue weighted by atomic mass is 16.7. The molecule has 0 radical (unpaired) electrons. The van der Waals surface area contributed by atoms with E-state index in [0.717, 1.165) is 5.56 Å². The molecule has 0 saturated carbocycles. The first-order valence-electron chi connectivity index (χ1n) is 7.56. The zero-order valence-corrected chi connectivity index (χ0v) is 13.0. The van der Waals surface area contributed by atoms with Crippen LogP contribution in [-0.4, -0.2) is 32.6 Å². The standard InChI is InChI=1S/C17H14N4O4/c22-13-8-15-14(24-10-25-15)7-12(13)17(23)19-9-11-2-4-18-16(6-11)21-5-1-3-20-21/h1-8,22H,9-10H2,(H,19,23). The number of nitrogens with one attached hydrogen (secondary N) is 1. The second-order valence-electron chi connectivity index (χ2n) is 5.38. The molecule has 4 rings (SSSR count). The molecule has 3 aromatic rings. The molecular formula is C17H14N4O4. The summed E-state index contributed by atoms with van der Waals surface area (Å²) in [7, 11) is 0. The van der Waals surface area contributed by atoms with Gasteiger partial charge in [0.25, 0.3) is 5.91 Å². The lowest BCUT2D eigenvalue weighted by Crippen LogP contribution is -2.23. The van der Waals surface area contributed by atoms with Gasteiger partial charge in [0.15, 0.2) is 17.3 Å². The van der Waals surface area contributed by atoms with Crippen LogP contribution in [-0.2, 0) is 6.54 Å². The Morgan fingerprint density at radius 1 is 1.24 bits per heavy atom. The summed E-state index contributed by atoms with van der Waals surface area (Å²) in [5.74, 6) is 0.949. The Kier molecular flexibility index (Phi) is 3.70. The highest BCUT2D eigenvalue weighted by Gasteiger charge is 2.20. The highest BCUT2D eigenvalue weighted by Crippen LogP contribution is 2.37. The number of aromatic nitrogens is 3. The summed E-state index contributed by atoms with van der Waals surface area (Å²) in [5.41, 5.74) is 0.986. The molecule has 2 aromatic heterocycles. The van der Waals surface area contributed by atoms with Gasteiger partial charge >= 0.3 is 0 Å². The van der Waals surface area contributed by atoms with Crippen LogP contribution in [0.3, 0.4) is 0 Å². The number of hydrogen-bond acceptors (Lipinski definition) is 6. The van der Waals surface area contributed by atoms with Crippen LogP contribution in [0.1, 0.15) is 15.9 Å². The number of carbonyl (C=O) groups is 1. The number of nitrogens with zero attached hydrogens (tertiary/aromatic N) is 3. The van der Waals surface area contributed by atoms with E-state index >= 15 is 0 Å². The molecule has 1 amide bonds. The number of phenolic OH excluding ortho intramolecular Hbond substituents is 1. The lowest BCUT2D eigenvalue weighted by Gasteiger charge is -2.09. The number of rotatable bonds is 4. The third kappa shape index (κ3) is 2.97. The second-order valence-corrected chi connectivity index (χ2v) is 5.38. The lowest BCUT2D eigenvalue weighted by molar-refractivity contribution is 0.0948. The first-order valence-corrected chi connectivity index (χ1v) is 7.56. The molecule has 0 bridgehead atoms. The third-order valence-corrected chi connectivity index (χ3v) is 3.74. The maximum Gasteiger partial charge on any atom is 0.255 e. The molecule has 8 heteroatoms. The van der Waals surface area contributed by atoms with Crippen molar-refractivity contribution in [2.75, 3.05) is 6.79 Å². The van der Waals surface area contributed by atoms with Gasteiger partial charge in [0.2, 0.25) is 6.79 Å². The van der Waals surface area contributed by atoms with E-state index in [1.165, 1.54) is 12.1 Å². The highest BCUT2D eigenvalue weighted by molar-refractivity contribution is 5.97. The average molecular weight is 338 g/mol. The Balaban J connectivity index is 1.48. The number of phenols is 1. The van der Waals surface area contributed by atoms with Crippen LogP contribution in [0.25, 0.3) is 5.82 Å². The zero-order chi connectivity index (χ0) is 17.2. The van der Waals surface area contributed by atoms with Gasteiger partial charge < -0.3 is 19.9 Å². The van der Waals surface area contributed by atoms with Gasteiger partial charge in [-0.3, -0.25) is 4.79 Å². The van der Waals surface area contributed by atoms with E-state index in [1.807, 2.05) is 6.07 Å². The molecule has 25 heavy (non-hydrogen) atoms. The fourth-order valence-electron chi connectivity index (χ4n) is 2.49. The molecule has 3 heterocycles. The molecular weight excluding hydrogens is 324 g/mol. The van der Waals surface area contributed by atoms with Gasteiger partial charge in [0.05, 0.1) is 5.56 Å². The van der Waals surface area contributed by atoms with Crippen LogP contribution in [0.2, 0.25) is 0 Å². The topological polar surface area (TPSA) is 98.5 Å². The fourth-order valence-corrected chi connectivity index (χ4v) is 2.49. The van der Waals surface area contributed by atoms with Crippen LogP contribution >= 0.6 is 0 Å². The molecule has 1 aliphatic heterocycles. The summed E-state index contributed by atoms with van der Waals surface area (Å²) in [5, 5.41) is 16.9. The van der Waals surface area contributed by atoms with Gasteiger partial charge in [0, 0.05) is 37.3 Å². The number of pyridine rings is 1. The maximum atomic E-state index is 12.4. The largest absolute Gasteiger partial charge is 0.507 e. The first-order chi connectivity index (χ1) is 12.2. The summed E-state index contributed by atoms with van der Waals surface area (Å²) >= 11 is 0. The molecule has 126 valence electrons. The number of fused-ring (bicyclic) bond motifs is 1. The SMILES string of the molecule is O=C(NCc1ccnc(-n2cccn2)c1)c1cc2c(cc1O)OCO2. The van der Waals surface area contributed by atoms with Crippen molar-refractivity contribution >= 4 is 5.91 Å². The van der Waals surface area contributed by atoms with E-state index in [-0.39, 0.29) is 24.7 Å². The van der Waals surface area contributed by atoms with Crippen LogP contribution < -0.4 is 14.8 Å². The van der Waals surface area contributed by atoms with E-state index in [4.69, 9.17) is 9.47 Å². The Morgan fingerprint density at radius 2 is 2.08 bits per heavy atom. The van der Waals surface area contributed by atoms with Crippen LogP contribution in [0.5, 0.6) is 17.2 Å². The Bertz CT molecular complexity index is 924. The average Bonchev–Trinajstić information content (AvgIpc) is 3.30. The lowest BCUT2D eigenvalue weighted by atomic mass is 10.1. The van der Waals surface area contributed by atoms with Gasteiger partial charge in [-0.2, -0.15) is 5.10 Å². The number of hydrogen-bond donors (Lipinski definition) is 2. The predicted molar refractivity (Wildman–Crippen MR) is 86.8 cm³/mol. The van der Waals surface area contributed by atoms with Crippen LogP contribution in [0.15, 0.2) is 48.9 Å². The predicted octanol–water partition coefficient (Wildman–Crippen LogP) is 1.63. The summed E-state index contributed by atoms with van der Waals surface area (Å²) in [6.07, 6.45) is 5.10. The second kappa shape index (κ2) is 6.16. The monoisotopic (exact) mass is 338 g/mol. The summed E-state index contributed by atoms with van der Waals surface area (Å²) < 4.78 is 12.0. The van der Waals surface area contributed by atoms with Gasteiger partial charge in [0.1, 0.15) is 5.75 Å². The molecule has 0 saturated heterocycles. The van der Waals surface area contributed by atoms with E-state index in [2.05, 4.69) is 15.4 Å². The number of benzene rings is 1. The van der Waals surface area contributed by atoms with E-state index in [0.29, 0.717) is 17.3 Å². The molecule has 8 nitrogen and oxygen atoms in total. The smallest absolute Gasteiger partial charge is 0.255 e. The molecule has 0 aliphatic carbocycles. The molecule has 2 N–H and O–H groups in total. The van der Waals surface area contributed by atoms with Crippen molar-refractivity contribution in [2.24, 2.45) is 0 Å². The summed E-state index contributed by atoms with van der Waals surface area (Å²) in [6, 6.07) is 8.27. The van der Waals surface area contributed by atoms with Crippen LogP contribution in [0.4, 0.5) is 0 Å². The minimum Gasteiger partial charge on any atom is -0.507 e. The number of amides is 1. The molecule has 1 aliphatic rings. The molecule has 0 spiro atoms. The van der Waals surface area contributed by atoms with Gasteiger partial charge in [-0.25, -0.2) is 9.67 Å². The van der Waals surface area contributed by atoms with Gasteiger partial charge in [-0.15, -0.1) is 0 Å².